The summed E-state index contributed by atoms with van der Waals surface area (Å²) in [6.45, 7) is 11.1. The predicted molar refractivity (Wildman–Crippen MR) is 134 cm³/mol. The summed E-state index contributed by atoms with van der Waals surface area (Å²) in [6.07, 6.45) is 12.1. The minimum Gasteiger partial charge on any atom is -0.255 e. The Morgan fingerprint density at radius 2 is 1.13 bits per heavy atom. The fourth-order valence-electron chi connectivity index (χ4n) is 3.64. The number of aliphatic imine (C=N–C) groups is 2. The largest absolute Gasteiger partial charge is 0.255 e. The Balaban J connectivity index is 0.00000480. The second-order valence-corrected chi connectivity index (χ2v) is 8.10. The molecular weight excluding hydrogens is 423 g/mol. The van der Waals surface area contributed by atoms with E-state index in [0.29, 0.717) is 0 Å². The predicted octanol–water partition coefficient (Wildman–Crippen LogP) is 8.38. The van der Waals surface area contributed by atoms with E-state index >= 15 is 0 Å². The fourth-order valence-corrected chi connectivity index (χ4v) is 3.64. The molecule has 2 aromatic rings. The van der Waals surface area contributed by atoms with Crippen LogP contribution in [0.25, 0.3) is 0 Å². The molecule has 0 saturated heterocycles. The molecule has 31 heavy (non-hydrogen) atoms. The van der Waals surface area contributed by atoms with Crippen LogP contribution in [0.15, 0.2) is 46.4 Å². The number of hydrogen-bond acceptors (Lipinski definition) is 2. The van der Waals surface area contributed by atoms with E-state index in [2.05, 4.69) is 71.0 Å². The molecule has 0 aliphatic rings. The van der Waals surface area contributed by atoms with Gasteiger partial charge in [-0.1, -0.05) is 66.0 Å². The number of rotatable bonds is 12. The summed E-state index contributed by atoms with van der Waals surface area (Å²) >= 11 is 0. The molecule has 0 heterocycles. The number of nitrogens with zero attached hydrogens (tertiary/aromatic N) is 2. The standard InChI is InChI=1S/C28H40N2.Ni/c1-6-11-12-13-14-26(30-28-19-24(9-4)16-25(10-5)20-28)21-29-27-17-22(7-2)15-23(8-3)18-27;/h15-21H,6-14H2,1-5H3;/b29-21+,30-26+;. The van der Waals surface area contributed by atoms with Crippen LogP contribution in [-0.2, 0) is 42.2 Å². The molecule has 0 unspecified atom stereocenters. The average Bonchev–Trinajstić information content (AvgIpc) is 2.79. The average molecular weight is 463 g/mol. The summed E-state index contributed by atoms with van der Waals surface area (Å²) in [4.78, 5) is 9.89. The Morgan fingerprint density at radius 1 is 0.645 bits per heavy atom. The van der Waals surface area contributed by atoms with Crippen LogP contribution in [0, 0.1) is 0 Å². The van der Waals surface area contributed by atoms with Gasteiger partial charge in [0.1, 0.15) is 0 Å². The van der Waals surface area contributed by atoms with Crippen LogP contribution in [0.1, 0.15) is 89.0 Å². The summed E-state index contributed by atoms with van der Waals surface area (Å²) in [5, 5.41) is 0. The zero-order valence-electron chi connectivity index (χ0n) is 20.1. The Morgan fingerprint density at radius 3 is 1.58 bits per heavy atom. The molecule has 0 fully saturated rings. The molecule has 0 saturated carbocycles. The van der Waals surface area contributed by atoms with Crippen molar-refractivity contribution in [2.45, 2.75) is 92.4 Å². The van der Waals surface area contributed by atoms with Gasteiger partial charge < -0.3 is 0 Å². The maximum absolute atomic E-state index is 5.04. The quantitative estimate of drug-likeness (QED) is 0.172. The molecule has 0 spiro atoms. The normalized spacial score (nSPS) is 11.7. The van der Waals surface area contributed by atoms with Gasteiger partial charge in [0, 0.05) is 22.7 Å². The molecule has 2 nitrogen and oxygen atoms in total. The van der Waals surface area contributed by atoms with Crippen LogP contribution in [0.2, 0.25) is 0 Å². The molecule has 0 amide bonds. The van der Waals surface area contributed by atoms with E-state index in [1.807, 2.05) is 6.21 Å². The van der Waals surface area contributed by atoms with Crippen LogP contribution < -0.4 is 0 Å². The van der Waals surface area contributed by atoms with E-state index < -0.39 is 0 Å². The number of aryl methyl sites for hydroxylation is 4. The first-order chi connectivity index (χ1) is 14.6. The van der Waals surface area contributed by atoms with Crippen molar-refractivity contribution in [3.63, 3.8) is 0 Å². The maximum Gasteiger partial charge on any atom is 0.0639 e. The van der Waals surface area contributed by atoms with Crippen molar-refractivity contribution < 1.29 is 16.5 Å². The molecule has 0 aliphatic heterocycles. The van der Waals surface area contributed by atoms with Gasteiger partial charge in [-0.25, -0.2) is 0 Å². The van der Waals surface area contributed by atoms with Gasteiger partial charge in [-0.3, -0.25) is 9.98 Å². The van der Waals surface area contributed by atoms with E-state index in [1.54, 1.807) is 0 Å². The molecule has 0 radical (unpaired) electrons. The van der Waals surface area contributed by atoms with Crippen molar-refractivity contribution >= 4 is 23.3 Å². The molecule has 0 atom stereocenters. The summed E-state index contributed by atoms with van der Waals surface area (Å²) in [5.74, 6) is 0. The van der Waals surface area contributed by atoms with Gasteiger partial charge in [0.2, 0.25) is 0 Å². The molecule has 172 valence electrons. The topological polar surface area (TPSA) is 24.7 Å². The van der Waals surface area contributed by atoms with Crippen molar-refractivity contribution in [2.24, 2.45) is 9.98 Å². The smallest absolute Gasteiger partial charge is 0.0639 e. The Labute approximate surface area is 200 Å². The zero-order chi connectivity index (χ0) is 21.8. The van der Waals surface area contributed by atoms with Crippen molar-refractivity contribution in [2.75, 3.05) is 0 Å². The van der Waals surface area contributed by atoms with Crippen LogP contribution in [0.4, 0.5) is 11.4 Å². The monoisotopic (exact) mass is 462 g/mol. The van der Waals surface area contributed by atoms with E-state index in [-0.39, 0.29) is 16.5 Å². The van der Waals surface area contributed by atoms with E-state index in [9.17, 15) is 0 Å². The second-order valence-electron chi connectivity index (χ2n) is 8.10. The first-order valence-electron chi connectivity index (χ1n) is 12.0. The maximum atomic E-state index is 5.04. The van der Waals surface area contributed by atoms with E-state index in [1.165, 1.54) is 47.9 Å². The number of hydrogen-bond donors (Lipinski definition) is 0. The zero-order valence-corrected chi connectivity index (χ0v) is 21.1. The third kappa shape index (κ3) is 9.52. The third-order valence-corrected chi connectivity index (χ3v) is 5.63. The van der Waals surface area contributed by atoms with Crippen LogP contribution in [-0.4, -0.2) is 11.9 Å². The van der Waals surface area contributed by atoms with Crippen molar-refractivity contribution in [3.05, 3.63) is 58.7 Å². The van der Waals surface area contributed by atoms with Crippen molar-refractivity contribution in [3.8, 4) is 0 Å². The molecular formula is C28H40N2Ni. The molecule has 2 aromatic carbocycles. The fraction of sp³-hybridized carbons (Fsp3) is 0.500. The Bertz CT molecular complexity index is 808. The van der Waals surface area contributed by atoms with Gasteiger partial charge in [-0.05, 0) is 85.0 Å². The van der Waals surface area contributed by atoms with Crippen molar-refractivity contribution in [1.29, 1.82) is 0 Å². The molecule has 3 heteroatoms. The van der Waals surface area contributed by atoms with Crippen LogP contribution >= 0.6 is 0 Å². The molecule has 0 bridgehead atoms. The first-order valence-corrected chi connectivity index (χ1v) is 12.0. The Hall–Kier alpha value is -1.73. The number of unbranched alkanes of at least 4 members (excludes halogenated alkanes) is 3. The Kier molecular flexibility index (Phi) is 13.3. The second kappa shape index (κ2) is 15.1. The summed E-state index contributed by atoms with van der Waals surface area (Å²) < 4.78 is 0. The van der Waals surface area contributed by atoms with Gasteiger partial charge >= 0.3 is 0 Å². The SMILES string of the molecule is CCCCCCC(/C=N/c1cc(CC)cc(CC)c1)=N\c1cc(CC)cc(CC)c1.[Ni]. The van der Waals surface area contributed by atoms with Gasteiger partial charge in [0.25, 0.3) is 0 Å². The van der Waals surface area contributed by atoms with Crippen LogP contribution in [0.3, 0.4) is 0 Å². The summed E-state index contributed by atoms with van der Waals surface area (Å²) in [7, 11) is 0. The van der Waals surface area contributed by atoms with Crippen LogP contribution in [0.5, 0.6) is 0 Å². The molecule has 0 aliphatic carbocycles. The van der Waals surface area contributed by atoms with Gasteiger partial charge in [-0.2, -0.15) is 0 Å². The molecule has 0 aromatic heterocycles. The number of benzene rings is 2. The van der Waals surface area contributed by atoms with Gasteiger partial charge in [0.15, 0.2) is 0 Å². The van der Waals surface area contributed by atoms with E-state index in [4.69, 9.17) is 9.98 Å². The van der Waals surface area contributed by atoms with Crippen molar-refractivity contribution in [1.82, 2.24) is 0 Å². The third-order valence-electron chi connectivity index (χ3n) is 5.63. The first kappa shape index (κ1) is 27.3. The minimum absolute atomic E-state index is 0. The summed E-state index contributed by atoms with van der Waals surface area (Å²) in [5.41, 5.74) is 8.62. The molecule has 0 N–H and O–H groups in total. The summed E-state index contributed by atoms with van der Waals surface area (Å²) in [6, 6.07) is 13.5. The van der Waals surface area contributed by atoms with Gasteiger partial charge in [0.05, 0.1) is 17.1 Å². The molecule has 2 rings (SSSR count). The minimum atomic E-state index is 0. The van der Waals surface area contributed by atoms with E-state index in [0.717, 1.165) is 49.2 Å². The van der Waals surface area contributed by atoms with Gasteiger partial charge in [-0.15, -0.1) is 0 Å².